The summed E-state index contributed by atoms with van der Waals surface area (Å²) in [6.07, 6.45) is 1.83. The van der Waals surface area contributed by atoms with Gasteiger partial charge < -0.3 is 15.0 Å². The second kappa shape index (κ2) is 6.65. The number of rotatable bonds is 3. The van der Waals surface area contributed by atoms with E-state index in [2.05, 4.69) is 0 Å². The Balaban J connectivity index is 1.93. The fourth-order valence-electron chi connectivity index (χ4n) is 3.21. The zero-order valence-electron chi connectivity index (χ0n) is 15.3. The minimum Gasteiger partial charge on any atom is -0.457 e. The largest absolute Gasteiger partial charge is 0.457 e. The number of aryl methyl sites for hydroxylation is 2. The highest BCUT2D eigenvalue weighted by Gasteiger charge is 2.14. The molecule has 0 aliphatic heterocycles. The second-order valence-corrected chi connectivity index (χ2v) is 6.68. The first-order valence-corrected chi connectivity index (χ1v) is 8.76. The summed E-state index contributed by atoms with van der Waals surface area (Å²) >= 11 is 0. The molecule has 1 heterocycles. The van der Waals surface area contributed by atoms with Gasteiger partial charge in [0.2, 0.25) is 0 Å². The van der Waals surface area contributed by atoms with Crippen LogP contribution in [0.1, 0.15) is 5.56 Å². The number of hydrogen-bond donors (Lipinski definition) is 1. The normalized spacial score (nSPS) is 10.9. The summed E-state index contributed by atoms with van der Waals surface area (Å²) in [5.41, 5.74) is 9.60. The molecule has 3 aromatic carbocycles. The van der Waals surface area contributed by atoms with E-state index in [1.54, 1.807) is 11.6 Å². The first-order chi connectivity index (χ1) is 13.0. The lowest BCUT2D eigenvalue weighted by atomic mass is 9.99. The lowest BCUT2D eigenvalue weighted by Gasteiger charge is -2.15. The highest BCUT2D eigenvalue weighted by molar-refractivity contribution is 5.97. The Morgan fingerprint density at radius 2 is 1.59 bits per heavy atom. The van der Waals surface area contributed by atoms with Gasteiger partial charge in [-0.05, 0) is 48.7 Å². The molecule has 0 unspecified atom stereocenters. The number of nitrogens with zero attached hydrogens (tertiary/aromatic N) is 1. The van der Waals surface area contributed by atoms with Gasteiger partial charge in [0.1, 0.15) is 11.5 Å². The molecule has 4 aromatic rings. The highest BCUT2D eigenvalue weighted by Crippen LogP contribution is 2.37. The van der Waals surface area contributed by atoms with Crippen LogP contribution >= 0.6 is 0 Å². The monoisotopic (exact) mass is 356 g/mol. The summed E-state index contributed by atoms with van der Waals surface area (Å²) in [7, 11) is 1.76. The molecule has 0 aliphatic rings. The number of pyridine rings is 1. The molecule has 27 heavy (non-hydrogen) atoms. The van der Waals surface area contributed by atoms with Crippen LogP contribution in [-0.4, -0.2) is 4.57 Å². The summed E-state index contributed by atoms with van der Waals surface area (Å²) in [5, 5.41) is 1.54. The molecule has 0 fully saturated rings. The van der Waals surface area contributed by atoms with E-state index in [0.29, 0.717) is 16.8 Å². The van der Waals surface area contributed by atoms with Crippen LogP contribution in [0.4, 0.5) is 5.69 Å². The van der Waals surface area contributed by atoms with Crippen molar-refractivity contribution in [2.75, 3.05) is 5.73 Å². The quantitative estimate of drug-likeness (QED) is 0.532. The maximum Gasteiger partial charge on any atom is 0.258 e. The molecule has 4 nitrogen and oxygen atoms in total. The van der Waals surface area contributed by atoms with Crippen molar-refractivity contribution >= 4 is 16.5 Å². The van der Waals surface area contributed by atoms with E-state index in [-0.39, 0.29) is 5.56 Å². The molecule has 4 rings (SSSR count). The lowest BCUT2D eigenvalue weighted by Crippen LogP contribution is -2.16. The molecule has 0 saturated heterocycles. The molecule has 0 atom stereocenters. The van der Waals surface area contributed by atoms with Gasteiger partial charge in [-0.1, -0.05) is 35.9 Å². The van der Waals surface area contributed by atoms with Gasteiger partial charge in [0.15, 0.2) is 0 Å². The minimum atomic E-state index is -0.0285. The molecular formula is C23H20N2O2. The van der Waals surface area contributed by atoms with Gasteiger partial charge in [0.25, 0.3) is 5.56 Å². The van der Waals surface area contributed by atoms with Crippen molar-refractivity contribution in [3.63, 3.8) is 0 Å². The number of hydrogen-bond acceptors (Lipinski definition) is 3. The first kappa shape index (κ1) is 16.9. The molecule has 4 heteroatoms. The number of nitrogen functional groups attached to an aromatic ring is 1. The maximum absolute atomic E-state index is 12.5. The summed E-state index contributed by atoms with van der Waals surface area (Å²) < 4.78 is 7.74. The van der Waals surface area contributed by atoms with Gasteiger partial charge in [-0.15, -0.1) is 0 Å². The van der Waals surface area contributed by atoms with Crippen molar-refractivity contribution in [2.45, 2.75) is 6.92 Å². The van der Waals surface area contributed by atoms with Gasteiger partial charge in [-0.25, -0.2) is 0 Å². The van der Waals surface area contributed by atoms with Crippen molar-refractivity contribution in [3.05, 3.63) is 88.8 Å². The number of benzene rings is 3. The van der Waals surface area contributed by atoms with Gasteiger partial charge in [-0.2, -0.15) is 0 Å². The fourth-order valence-corrected chi connectivity index (χ4v) is 3.21. The zero-order chi connectivity index (χ0) is 19.0. The van der Waals surface area contributed by atoms with Crippen molar-refractivity contribution < 1.29 is 4.74 Å². The van der Waals surface area contributed by atoms with Crippen LogP contribution in [-0.2, 0) is 7.05 Å². The Kier molecular flexibility index (Phi) is 4.16. The van der Waals surface area contributed by atoms with Crippen molar-refractivity contribution in [1.82, 2.24) is 4.57 Å². The molecule has 134 valence electrons. The van der Waals surface area contributed by atoms with E-state index in [4.69, 9.17) is 10.5 Å². The first-order valence-electron chi connectivity index (χ1n) is 8.76. The number of anilines is 1. The van der Waals surface area contributed by atoms with Crippen molar-refractivity contribution in [3.8, 4) is 22.6 Å². The predicted molar refractivity (Wildman–Crippen MR) is 110 cm³/mol. The lowest BCUT2D eigenvalue weighted by molar-refractivity contribution is 0.484. The van der Waals surface area contributed by atoms with Crippen LogP contribution in [0.2, 0.25) is 0 Å². The van der Waals surface area contributed by atoms with E-state index in [1.807, 2.05) is 79.9 Å². The van der Waals surface area contributed by atoms with Crippen LogP contribution in [0, 0.1) is 6.92 Å². The summed E-state index contributed by atoms with van der Waals surface area (Å²) in [5.74, 6) is 1.44. The molecule has 0 bridgehead atoms. The topological polar surface area (TPSA) is 57.2 Å². The van der Waals surface area contributed by atoms with E-state index in [9.17, 15) is 4.79 Å². The Bertz CT molecular complexity index is 1190. The second-order valence-electron chi connectivity index (χ2n) is 6.68. The third-order valence-corrected chi connectivity index (χ3v) is 4.63. The van der Waals surface area contributed by atoms with Gasteiger partial charge in [-0.3, -0.25) is 4.79 Å². The molecule has 0 aliphatic carbocycles. The molecule has 1 aromatic heterocycles. The van der Waals surface area contributed by atoms with E-state index in [1.165, 1.54) is 5.56 Å². The van der Waals surface area contributed by atoms with Gasteiger partial charge in [0, 0.05) is 35.4 Å². The Labute approximate surface area is 157 Å². The van der Waals surface area contributed by atoms with Crippen LogP contribution in [0.5, 0.6) is 11.5 Å². The predicted octanol–water partition coefficient (Wildman–Crippen LogP) is 4.89. The molecule has 0 amide bonds. The maximum atomic E-state index is 12.5. The highest BCUT2D eigenvalue weighted by atomic mass is 16.5. The zero-order valence-corrected chi connectivity index (χ0v) is 15.3. The third kappa shape index (κ3) is 3.17. The van der Waals surface area contributed by atoms with E-state index >= 15 is 0 Å². The summed E-state index contributed by atoms with van der Waals surface area (Å²) in [6, 6.07) is 21.1. The summed E-state index contributed by atoms with van der Waals surface area (Å²) in [6.45, 7) is 2.04. The van der Waals surface area contributed by atoms with Gasteiger partial charge in [0.05, 0.1) is 0 Å². The molecule has 0 radical (unpaired) electrons. The van der Waals surface area contributed by atoms with Crippen molar-refractivity contribution in [1.29, 1.82) is 0 Å². The third-order valence-electron chi connectivity index (χ3n) is 4.63. The fraction of sp³-hybridized carbons (Fsp3) is 0.0870. The Morgan fingerprint density at radius 1 is 0.889 bits per heavy atom. The smallest absolute Gasteiger partial charge is 0.258 e. The molecule has 0 saturated carbocycles. The van der Waals surface area contributed by atoms with E-state index < -0.39 is 0 Å². The van der Waals surface area contributed by atoms with E-state index in [0.717, 1.165) is 22.3 Å². The molecule has 2 N–H and O–H groups in total. The van der Waals surface area contributed by atoms with Gasteiger partial charge >= 0.3 is 0 Å². The van der Waals surface area contributed by atoms with Crippen LogP contribution in [0.3, 0.4) is 0 Å². The average molecular weight is 356 g/mol. The summed E-state index contributed by atoms with van der Waals surface area (Å²) in [4.78, 5) is 12.5. The van der Waals surface area contributed by atoms with Crippen molar-refractivity contribution in [2.24, 2.45) is 7.05 Å². The number of aromatic nitrogens is 1. The minimum absolute atomic E-state index is 0.0285. The number of ether oxygens (including phenoxy) is 1. The number of nitrogens with two attached hydrogens (primary N) is 1. The Morgan fingerprint density at radius 3 is 2.33 bits per heavy atom. The molecule has 0 spiro atoms. The number of fused-ring (bicyclic) bond motifs is 1. The Hall–Kier alpha value is -3.53. The SMILES string of the molecule is Cc1ccc(Oc2ccc(N)cc2-c2cn(C)c(=O)c3ccccc23)cc1. The van der Waals surface area contributed by atoms with Crippen LogP contribution in [0.15, 0.2) is 77.7 Å². The van der Waals surface area contributed by atoms with Crippen LogP contribution < -0.4 is 16.0 Å². The average Bonchev–Trinajstić information content (AvgIpc) is 2.68. The molecular weight excluding hydrogens is 336 g/mol. The standard InChI is InChI=1S/C23H20N2O2/c1-15-7-10-17(11-8-15)27-22-12-9-16(24)13-20(22)21-14-25(2)23(26)19-6-4-3-5-18(19)21/h3-14H,24H2,1-2H3. The van der Waals surface area contributed by atoms with Crippen LogP contribution in [0.25, 0.3) is 21.9 Å².